The second-order valence-corrected chi connectivity index (χ2v) is 34.5. The molecule has 11 aromatic carbocycles. The van der Waals surface area contributed by atoms with Crippen LogP contribution in [0.4, 0.5) is 25.2 Å². The van der Waals surface area contributed by atoms with Gasteiger partial charge in [-0.25, -0.2) is 0 Å². The molecule has 0 spiro atoms. The van der Waals surface area contributed by atoms with Crippen molar-refractivity contribution in [3.05, 3.63) is 374 Å². The van der Waals surface area contributed by atoms with E-state index in [9.17, 15) is 25.2 Å². The van der Waals surface area contributed by atoms with Crippen LogP contribution in [0.5, 0.6) is 5.75 Å². The van der Waals surface area contributed by atoms with Crippen molar-refractivity contribution >= 4 is 49.4 Å². The van der Waals surface area contributed by atoms with Gasteiger partial charge < -0.3 is 4.74 Å². The Hall–Kier alpha value is -6.17. The van der Waals surface area contributed by atoms with Gasteiger partial charge in [-0.05, 0) is 297 Å². The predicted octanol–water partition coefficient (Wildman–Crippen LogP) is 22.6. The summed E-state index contributed by atoms with van der Waals surface area (Å²) in [4.78, 5) is 0. The van der Waals surface area contributed by atoms with E-state index >= 15 is 0 Å². The molecule has 0 aromatic heterocycles. The van der Waals surface area contributed by atoms with Crippen molar-refractivity contribution in [2.45, 2.75) is 156 Å². The van der Waals surface area contributed by atoms with Crippen molar-refractivity contribution in [1.82, 2.24) is 0 Å². The predicted molar refractivity (Wildman–Crippen MR) is 421 cm³/mol. The molecule has 0 saturated carbocycles. The van der Waals surface area contributed by atoms with Crippen LogP contribution >= 0.6 is 49.4 Å². The van der Waals surface area contributed by atoms with Crippen molar-refractivity contribution in [2.24, 2.45) is 0 Å². The second kappa shape index (κ2) is 37.1. The van der Waals surface area contributed by atoms with Gasteiger partial charge >= 0.3 is 81.2 Å². The summed E-state index contributed by atoms with van der Waals surface area (Å²) < 4.78 is 70.1. The van der Waals surface area contributed by atoms with E-state index in [1.54, 1.807) is 16.2 Å². The Bertz CT molecular complexity index is 4330. The van der Waals surface area contributed by atoms with E-state index in [-0.39, 0.29) is 21.2 Å². The number of halogens is 10. The van der Waals surface area contributed by atoms with Crippen molar-refractivity contribution < 1.29 is 68.4 Å². The fourth-order valence-electron chi connectivity index (χ4n) is 13.7. The summed E-state index contributed by atoms with van der Waals surface area (Å²) in [6.45, 7) is 8.98. The molecule has 0 radical (unpaired) electrons. The summed E-state index contributed by atoms with van der Waals surface area (Å²) >= 11 is 8.09. The minimum atomic E-state index is -10.7. The Balaban J connectivity index is 0.000000137. The van der Waals surface area contributed by atoms with Gasteiger partial charge in [0.2, 0.25) is 0 Å². The van der Waals surface area contributed by atoms with Gasteiger partial charge in [0.05, 0.1) is 7.11 Å². The molecule has 538 valence electrons. The standard InChI is InChI=1S/C24H24IO.C17H17Br.C17H18.C17H17.C16H15Br.ClH.F6P.Zn/c1-17-15-21-10-8-19-5-3-18(4-6-19)7-9-20(17)16-24(21)25-22-11-13-23(26-2)14-12-22;1-12-10-16-9-7-14-4-2-13(3-5-14)6-8-15(12)11-17(16)18;2*1-13-12-16-7-6-14-2-4-15(5-3-14)8-10-17(13)11-9-16;17-16-11-14-6-5-12-1-3-13(4-2-12)7-9-15(16)10-8-14;;1-7(2,3,4,5)6;/h3-6,11-16H,7-10H2,1-2H3;2-5,10-11H,6-9H2,1H3;2-5,9,11-12H,6-8,10H2,1H3;2-5,11-12H,6-8,10H2,1H3;1-4,8,10-11H,5-7,9H2;1H;;/q+1;;;-1;;;-1;+2/p-1. The number of aryl methyl sites for hydroxylation is 24. The van der Waals surface area contributed by atoms with E-state index < -0.39 is 7.81 Å². The van der Waals surface area contributed by atoms with Crippen LogP contribution in [0, 0.1) is 40.9 Å². The Labute approximate surface area is 654 Å². The maximum absolute atomic E-state index is 10.7. The molecule has 11 aromatic rings. The third-order valence-electron chi connectivity index (χ3n) is 20.1. The van der Waals surface area contributed by atoms with Crippen molar-refractivity contribution in [1.29, 1.82) is 0 Å². The summed E-state index contributed by atoms with van der Waals surface area (Å²) in [6, 6.07) is 85.8. The first-order valence-corrected chi connectivity index (χ1v) is 45.8. The maximum atomic E-state index is 9.87. The molecular formula is C91H91Br2ClF6IOPZn. The zero-order chi connectivity index (χ0) is 73.9. The van der Waals surface area contributed by atoms with Crippen LogP contribution in [0.3, 0.4) is 0 Å². The minimum absolute atomic E-state index is 0.172. The van der Waals surface area contributed by atoms with Gasteiger partial charge in [-0.15, -0.1) is 0 Å². The summed E-state index contributed by atoms with van der Waals surface area (Å²) in [5, 5.41) is 0. The number of hydrogen-bond donors (Lipinski definition) is 0. The van der Waals surface area contributed by atoms with Gasteiger partial charge in [0.1, 0.15) is 5.75 Å². The molecule has 20 aliphatic carbocycles. The Morgan fingerprint density at radius 1 is 0.317 bits per heavy atom. The van der Waals surface area contributed by atoms with E-state index in [4.69, 9.17) is 14.4 Å². The van der Waals surface area contributed by atoms with Crippen LogP contribution in [0.1, 0.15) is 134 Å². The van der Waals surface area contributed by atoms with Gasteiger partial charge in [0.15, 0.2) is 7.14 Å². The molecule has 0 saturated heterocycles. The van der Waals surface area contributed by atoms with Gasteiger partial charge in [-0.3, -0.25) is 0 Å². The van der Waals surface area contributed by atoms with Crippen LogP contribution < -0.4 is 25.9 Å². The SMILES string of the molecule is Brc1cc2ccc1CCc1ccc(cc1)CC2.COc1ccc([I+]c2cc3c(C)cc2CCc2ccc(cc2)CC3)cc1.Cc1cc2[c-]cc1CCc1ccc(cc1)CC2.Cc1cc2c(Br)cc1CCc1ccc(cc1)CC2.Cc1cc2ccc1CCc1ccc(cc1)CC2.F[P-](F)(F)(F)(F)F.[Cl][Zn+]. The molecule has 104 heavy (non-hydrogen) atoms. The van der Waals surface area contributed by atoms with Crippen LogP contribution in [0.25, 0.3) is 0 Å². The normalized spacial score (nSPS) is 14.5. The van der Waals surface area contributed by atoms with E-state index in [1.807, 2.05) is 0 Å². The zero-order valence-corrected chi connectivity index (χ0v) is 70.2. The Morgan fingerprint density at radius 3 is 1.03 bits per heavy atom. The molecule has 13 heteroatoms. The van der Waals surface area contributed by atoms with Crippen LogP contribution in [0.15, 0.2) is 227 Å². The first-order chi connectivity index (χ1) is 49.8. The van der Waals surface area contributed by atoms with E-state index in [0.717, 1.165) is 151 Å². The summed E-state index contributed by atoms with van der Waals surface area (Å²) in [5.41, 5.74) is 34.8. The van der Waals surface area contributed by atoms with Gasteiger partial charge in [0.25, 0.3) is 0 Å². The third kappa shape index (κ3) is 26.4. The summed E-state index contributed by atoms with van der Waals surface area (Å²) in [7, 11) is -4.17. The van der Waals surface area contributed by atoms with E-state index in [1.165, 1.54) is 140 Å². The van der Waals surface area contributed by atoms with E-state index in [0.29, 0.717) is 0 Å². The topological polar surface area (TPSA) is 9.23 Å². The molecule has 0 N–H and O–H groups in total. The summed E-state index contributed by atoms with van der Waals surface area (Å²) in [5.74, 6) is 0.938. The van der Waals surface area contributed by atoms with Gasteiger partial charge in [-0.1, -0.05) is 209 Å². The van der Waals surface area contributed by atoms with Crippen molar-refractivity contribution in [3.63, 3.8) is 0 Å². The molecule has 0 fully saturated rings. The first-order valence-electron chi connectivity index (χ1n) is 36.1. The van der Waals surface area contributed by atoms with Gasteiger partial charge in [-0.2, -0.15) is 34.9 Å². The monoisotopic (exact) mass is 1730 g/mol. The average Bonchev–Trinajstić information content (AvgIpc) is 0.790. The van der Waals surface area contributed by atoms with Crippen LogP contribution in [-0.4, -0.2) is 7.11 Å². The average molecular weight is 1730 g/mol. The molecule has 20 aliphatic rings. The number of hydrogen-bond acceptors (Lipinski definition) is 1. The molecule has 0 unspecified atom stereocenters. The first kappa shape index (κ1) is 80.4. The Kier molecular flexibility index (Phi) is 28.7. The Morgan fingerprint density at radius 2 is 0.615 bits per heavy atom. The molecule has 1 nitrogen and oxygen atoms in total. The molecule has 0 aliphatic heterocycles. The number of rotatable bonds is 3. The molecular weight excluding hydrogens is 1640 g/mol. The van der Waals surface area contributed by atoms with Crippen LogP contribution in [0.2, 0.25) is 0 Å². The number of ether oxygens (including phenoxy) is 1. The van der Waals surface area contributed by atoms with Crippen LogP contribution in [-0.2, 0) is 146 Å². The number of benzene rings is 11. The molecule has 0 atom stereocenters. The second-order valence-electron chi connectivity index (χ2n) is 27.9. The summed E-state index contributed by atoms with van der Waals surface area (Å²) in [6.07, 6.45) is 22.6. The quantitative estimate of drug-likeness (QED) is 0.0563. The molecule has 31 rings (SSSR count). The molecule has 0 heterocycles. The fourth-order valence-corrected chi connectivity index (χ4v) is 17.7. The molecule has 20 bridgehead atoms. The molecule has 0 amide bonds. The number of methoxy groups -OCH3 is 1. The fraction of sp³-hybridized carbons (Fsp3) is 0.275. The van der Waals surface area contributed by atoms with Crippen molar-refractivity contribution in [3.8, 4) is 5.75 Å². The van der Waals surface area contributed by atoms with Crippen molar-refractivity contribution in [2.75, 3.05) is 7.11 Å². The van der Waals surface area contributed by atoms with E-state index in [2.05, 4.69) is 284 Å². The third-order valence-corrected chi connectivity index (χ3v) is 24.5. The zero-order valence-electron chi connectivity index (χ0n) is 60.3. The van der Waals surface area contributed by atoms with Gasteiger partial charge in [0, 0.05) is 14.5 Å².